The van der Waals surface area contributed by atoms with Gasteiger partial charge < -0.3 is 15.0 Å². The molecular formula is C19H20N2O3S. The van der Waals surface area contributed by atoms with Gasteiger partial charge in [-0.15, -0.1) is 11.3 Å². The minimum absolute atomic E-state index is 0.0848. The number of thiophene rings is 1. The molecule has 0 fully saturated rings. The summed E-state index contributed by atoms with van der Waals surface area (Å²) in [4.78, 5) is 27.7. The van der Waals surface area contributed by atoms with Crippen LogP contribution in [0.15, 0.2) is 23.6 Å². The predicted octanol–water partition coefficient (Wildman–Crippen LogP) is 3.62. The van der Waals surface area contributed by atoms with Crippen molar-refractivity contribution in [3.8, 4) is 5.75 Å². The maximum Gasteiger partial charge on any atom is 0.267 e. The summed E-state index contributed by atoms with van der Waals surface area (Å²) in [6.45, 7) is 1.73. The quantitative estimate of drug-likeness (QED) is 0.894. The second kappa shape index (κ2) is 6.19. The lowest BCUT2D eigenvalue weighted by Gasteiger charge is -2.30. The summed E-state index contributed by atoms with van der Waals surface area (Å²) in [6.07, 6.45) is 3.92. The highest BCUT2D eigenvalue weighted by Gasteiger charge is 2.29. The molecule has 2 heterocycles. The summed E-state index contributed by atoms with van der Waals surface area (Å²) in [5.74, 6) is 0.474. The number of carbonyl (C=O) groups is 2. The molecule has 6 heteroatoms. The number of hydrogen-bond donors (Lipinski definition) is 1. The topological polar surface area (TPSA) is 58.6 Å². The first-order chi connectivity index (χ1) is 12.0. The smallest absolute Gasteiger partial charge is 0.267 e. The third-order valence-corrected chi connectivity index (χ3v) is 5.95. The number of rotatable bonds is 2. The Balaban J connectivity index is 1.59. The van der Waals surface area contributed by atoms with Crippen LogP contribution in [0.25, 0.3) is 0 Å². The van der Waals surface area contributed by atoms with Crippen molar-refractivity contribution < 1.29 is 14.3 Å². The van der Waals surface area contributed by atoms with E-state index >= 15 is 0 Å². The standard InChI is InChI=1S/C19H20N2O3S/c1-11-19(23)21(2)15-9-12(7-8-16(15)24-11)20-18(22)14-10-25-17-6-4-3-5-13(14)17/h7-11H,3-6H2,1-2H3,(H,20,22). The third kappa shape index (κ3) is 2.80. The molecule has 1 aromatic heterocycles. The van der Waals surface area contributed by atoms with Crippen LogP contribution in [0.1, 0.15) is 40.6 Å². The van der Waals surface area contributed by atoms with Crippen molar-refractivity contribution in [2.75, 3.05) is 17.3 Å². The van der Waals surface area contributed by atoms with E-state index in [0.717, 1.165) is 24.8 Å². The minimum Gasteiger partial charge on any atom is -0.479 e. The molecule has 1 atom stereocenters. The number of amides is 2. The number of anilines is 2. The molecule has 2 aliphatic rings. The zero-order valence-corrected chi connectivity index (χ0v) is 15.1. The molecule has 1 unspecified atom stereocenters. The maximum absolute atomic E-state index is 12.7. The number of fused-ring (bicyclic) bond motifs is 2. The van der Waals surface area contributed by atoms with Crippen LogP contribution in [0.2, 0.25) is 0 Å². The first-order valence-electron chi connectivity index (χ1n) is 8.53. The number of likely N-dealkylation sites (N-methyl/N-ethyl adjacent to an activating group) is 1. The zero-order valence-electron chi connectivity index (χ0n) is 14.3. The van der Waals surface area contributed by atoms with E-state index in [1.165, 1.54) is 16.9 Å². The number of benzene rings is 1. The Hall–Kier alpha value is -2.34. The fourth-order valence-corrected chi connectivity index (χ4v) is 4.60. The number of hydrogen-bond acceptors (Lipinski definition) is 4. The molecule has 1 N–H and O–H groups in total. The third-order valence-electron chi connectivity index (χ3n) is 4.87. The van der Waals surface area contributed by atoms with Crippen LogP contribution >= 0.6 is 11.3 Å². The van der Waals surface area contributed by atoms with Gasteiger partial charge in [-0.25, -0.2) is 0 Å². The van der Waals surface area contributed by atoms with Crippen molar-refractivity contribution in [1.82, 2.24) is 0 Å². The van der Waals surface area contributed by atoms with Crippen LogP contribution < -0.4 is 15.0 Å². The van der Waals surface area contributed by atoms with E-state index < -0.39 is 6.10 Å². The molecule has 2 aromatic rings. The van der Waals surface area contributed by atoms with Crippen LogP contribution in [0, 0.1) is 0 Å². The highest BCUT2D eigenvalue weighted by molar-refractivity contribution is 7.10. The van der Waals surface area contributed by atoms with Crippen molar-refractivity contribution in [3.05, 3.63) is 39.6 Å². The Labute approximate surface area is 150 Å². The van der Waals surface area contributed by atoms with E-state index in [4.69, 9.17) is 4.74 Å². The van der Waals surface area contributed by atoms with Crippen molar-refractivity contribution in [2.45, 2.75) is 38.7 Å². The molecule has 1 aliphatic carbocycles. The Bertz CT molecular complexity index is 858. The molecule has 130 valence electrons. The van der Waals surface area contributed by atoms with Gasteiger partial charge in [-0.1, -0.05) is 0 Å². The molecule has 0 radical (unpaired) electrons. The van der Waals surface area contributed by atoms with E-state index in [0.29, 0.717) is 17.1 Å². The van der Waals surface area contributed by atoms with Gasteiger partial charge in [-0.2, -0.15) is 0 Å². The minimum atomic E-state index is -0.490. The van der Waals surface area contributed by atoms with E-state index in [9.17, 15) is 9.59 Å². The lowest BCUT2D eigenvalue weighted by Crippen LogP contribution is -2.41. The van der Waals surface area contributed by atoms with Gasteiger partial charge >= 0.3 is 0 Å². The normalized spacial score (nSPS) is 19.0. The average Bonchev–Trinajstić information content (AvgIpc) is 3.05. The highest BCUT2D eigenvalue weighted by Crippen LogP contribution is 2.36. The summed E-state index contributed by atoms with van der Waals surface area (Å²) in [5, 5.41) is 4.93. The van der Waals surface area contributed by atoms with Crippen molar-refractivity contribution in [3.63, 3.8) is 0 Å². The summed E-state index contributed by atoms with van der Waals surface area (Å²) in [5.41, 5.74) is 3.33. The SMILES string of the molecule is CC1Oc2ccc(NC(=O)c3csc4c3CCCC4)cc2N(C)C1=O. The second-order valence-electron chi connectivity index (χ2n) is 6.55. The molecule has 25 heavy (non-hydrogen) atoms. The highest BCUT2D eigenvalue weighted by atomic mass is 32.1. The average molecular weight is 356 g/mol. The van der Waals surface area contributed by atoms with Gasteiger partial charge in [0.15, 0.2) is 6.10 Å². The molecule has 0 saturated heterocycles. The fourth-order valence-electron chi connectivity index (χ4n) is 3.47. The lowest BCUT2D eigenvalue weighted by molar-refractivity contribution is -0.125. The van der Waals surface area contributed by atoms with Crippen LogP contribution in [-0.4, -0.2) is 25.0 Å². The van der Waals surface area contributed by atoms with E-state index in [2.05, 4.69) is 5.32 Å². The lowest BCUT2D eigenvalue weighted by atomic mass is 9.95. The van der Waals surface area contributed by atoms with Gasteiger partial charge in [-0.3, -0.25) is 9.59 Å². The first-order valence-corrected chi connectivity index (χ1v) is 9.41. The van der Waals surface area contributed by atoms with Crippen LogP contribution in [0.4, 0.5) is 11.4 Å². The van der Waals surface area contributed by atoms with E-state index in [-0.39, 0.29) is 11.8 Å². The summed E-state index contributed by atoms with van der Waals surface area (Å²) in [7, 11) is 1.72. The van der Waals surface area contributed by atoms with Gasteiger partial charge in [0.1, 0.15) is 5.75 Å². The number of nitrogens with zero attached hydrogens (tertiary/aromatic N) is 1. The van der Waals surface area contributed by atoms with Crippen molar-refractivity contribution >= 4 is 34.5 Å². The van der Waals surface area contributed by atoms with Gasteiger partial charge in [0.2, 0.25) is 0 Å². The number of ether oxygens (including phenoxy) is 1. The Kier molecular flexibility index (Phi) is 4.00. The Morgan fingerprint density at radius 1 is 1.32 bits per heavy atom. The maximum atomic E-state index is 12.7. The van der Waals surface area contributed by atoms with Crippen LogP contribution in [-0.2, 0) is 17.6 Å². The summed E-state index contributed by atoms with van der Waals surface area (Å²) < 4.78 is 5.62. The molecule has 0 spiro atoms. The molecule has 1 aromatic carbocycles. The number of nitrogens with one attached hydrogen (secondary N) is 1. The first kappa shape index (κ1) is 16.1. The molecule has 2 amide bonds. The van der Waals surface area contributed by atoms with Gasteiger partial charge in [-0.05, 0) is 56.4 Å². The van der Waals surface area contributed by atoms with E-state index in [1.807, 2.05) is 11.4 Å². The zero-order chi connectivity index (χ0) is 17.6. The molecule has 0 bridgehead atoms. The molecule has 4 rings (SSSR count). The van der Waals surface area contributed by atoms with Crippen LogP contribution in [0.3, 0.4) is 0 Å². The predicted molar refractivity (Wildman–Crippen MR) is 98.9 cm³/mol. The Morgan fingerprint density at radius 2 is 2.12 bits per heavy atom. The number of aryl methyl sites for hydroxylation is 1. The summed E-state index contributed by atoms with van der Waals surface area (Å²) in [6, 6.07) is 5.40. The molecule has 1 aliphatic heterocycles. The van der Waals surface area contributed by atoms with Crippen LogP contribution in [0.5, 0.6) is 5.75 Å². The summed E-state index contributed by atoms with van der Waals surface area (Å²) >= 11 is 1.68. The van der Waals surface area contributed by atoms with Crippen molar-refractivity contribution in [2.24, 2.45) is 0 Å². The van der Waals surface area contributed by atoms with Gasteiger partial charge in [0.05, 0.1) is 11.3 Å². The van der Waals surface area contributed by atoms with Gasteiger partial charge in [0, 0.05) is 23.0 Å². The van der Waals surface area contributed by atoms with Crippen molar-refractivity contribution in [1.29, 1.82) is 0 Å². The van der Waals surface area contributed by atoms with E-state index in [1.54, 1.807) is 42.3 Å². The molecule has 5 nitrogen and oxygen atoms in total. The van der Waals surface area contributed by atoms with Gasteiger partial charge in [0.25, 0.3) is 11.8 Å². The Morgan fingerprint density at radius 3 is 2.96 bits per heavy atom. The second-order valence-corrected chi connectivity index (χ2v) is 7.52. The largest absolute Gasteiger partial charge is 0.479 e. The molecule has 0 saturated carbocycles. The number of carbonyl (C=O) groups excluding carboxylic acids is 2. The fraction of sp³-hybridized carbons (Fsp3) is 0.368. The molecular weight excluding hydrogens is 336 g/mol. The monoisotopic (exact) mass is 356 g/mol.